The lowest BCUT2D eigenvalue weighted by Crippen LogP contribution is -2.28. The number of benzene rings is 1. The van der Waals surface area contributed by atoms with Crippen LogP contribution in [0.25, 0.3) is 0 Å². The summed E-state index contributed by atoms with van der Waals surface area (Å²) in [6.07, 6.45) is 3.76. The molecule has 1 fully saturated rings. The highest BCUT2D eigenvalue weighted by Gasteiger charge is 2.29. The molecule has 1 aliphatic carbocycles. The highest BCUT2D eigenvalue weighted by atomic mass is 19.1. The van der Waals surface area contributed by atoms with E-state index in [-0.39, 0.29) is 11.7 Å². The molecule has 1 saturated carbocycles. The largest absolute Gasteiger partial charge is 0.459 e. The number of carbonyl (C=O) groups excluding carboxylic acids is 1. The second kappa shape index (κ2) is 5.09. The molecule has 0 N–H and O–H groups in total. The van der Waals surface area contributed by atoms with E-state index in [2.05, 4.69) is 13.8 Å². The smallest absolute Gasteiger partial charge is 0.341 e. The minimum atomic E-state index is -0.544. The third-order valence-electron chi connectivity index (χ3n) is 3.65. The average Bonchev–Trinajstić information content (AvgIpc) is 2.32. The highest BCUT2D eigenvalue weighted by Crippen LogP contribution is 2.36. The van der Waals surface area contributed by atoms with Gasteiger partial charge in [0.2, 0.25) is 0 Å². The Morgan fingerprint density at radius 1 is 1.28 bits per heavy atom. The first-order valence-corrected chi connectivity index (χ1v) is 6.43. The summed E-state index contributed by atoms with van der Waals surface area (Å²) < 4.78 is 18.8. The molecule has 2 rings (SSSR count). The van der Waals surface area contributed by atoms with Crippen molar-refractivity contribution in [2.45, 2.75) is 45.6 Å². The first-order chi connectivity index (χ1) is 8.48. The topological polar surface area (TPSA) is 26.3 Å². The van der Waals surface area contributed by atoms with E-state index in [1.54, 1.807) is 12.1 Å². The summed E-state index contributed by atoms with van der Waals surface area (Å²) in [5.41, 5.74) is 0.364. The minimum Gasteiger partial charge on any atom is -0.459 e. The molecule has 0 radical (unpaired) electrons. The molecule has 1 aliphatic rings. The molecule has 0 aromatic heterocycles. The van der Waals surface area contributed by atoms with Gasteiger partial charge in [-0.2, -0.15) is 0 Å². The third kappa shape index (κ3) is 3.09. The minimum absolute atomic E-state index is 0.0299. The van der Waals surface area contributed by atoms with Crippen LogP contribution in [0, 0.1) is 11.2 Å². The first kappa shape index (κ1) is 13.1. The Balaban J connectivity index is 1.95. The van der Waals surface area contributed by atoms with Crippen LogP contribution in [0.3, 0.4) is 0 Å². The molecule has 3 heteroatoms. The van der Waals surface area contributed by atoms with Crippen molar-refractivity contribution in [2.24, 2.45) is 5.41 Å². The van der Waals surface area contributed by atoms with Crippen molar-refractivity contribution in [3.8, 4) is 0 Å². The number of hydrogen-bond acceptors (Lipinski definition) is 2. The summed E-state index contributed by atoms with van der Waals surface area (Å²) in [5.74, 6) is -1.06. The van der Waals surface area contributed by atoms with Crippen LogP contribution in [0.1, 0.15) is 49.9 Å². The van der Waals surface area contributed by atoms with E-state index in [0.717, 1.165) is 25.7 Å². The van der Waals surface area contributed by atoms with Gasteiger partial charge in [0.1, 0.15) is 11.9 Å². The van der Waals surface area contributed by atoms with Crippen LogP contribution in [0.2, 0.25) is 0 Å². The summed E-state index contributed by atoms with van der Waals surface area (Å²) in [6.45, 7) is 4.45. The van der Waals surface area contributed by atoms with Gasteiger partial charge in [0.05, 0.1) is 5.56 Å². The molecule has 0 aliphatic heterocycles. The Morgan fingerprint density at radius 3 is 2.50 bits per heavy atom. The SMILES string of the molecule is CC1(C)CCC(OC(=O)c2ccccc2F)CC1. The van der Waals surface area contributed by atoms with Crippen molar-refractivity contribution < 1.29 is 13.9 Å². The summed E-state index contributed by atoms with van der Waals surface area (Å²) in [4.78, 5) is 11.8. The molecule has 1 aromatic rings. The monoisotopic (exact) mass is 250 g/mol. The summed E-state index contributed by atoms with van der Waals surface area (Å²) in [6, 6.07) is 5.95. The number of carbonyl (C=O) groups is 1. The van der Waals surface area contributed by atoms with Crippen LogP contribution < -0.4 is 0 Å². The van der Waals surface area contributed by atoms with E-state index in [4.69, 9.17) is 4.74 Å². The zero-order chi connectivity index (χ0) is 13.2. The van der Waals surface area contributed by atoms with Crippen molar-refractivity contribution in [2.75, 3.05) is 0 Å². The van der Waals surface area contributed by atoms with Gasteiger partial charge < -0.3 is 4.74 Å². The van der Waals surface area contributed by atoms with Crippen LogP contribution in [-0.2, 0) is 4.74 Å². The van der Waals surface area contributed by atoms with E-state index in [1.165, 1.54) is 12.1 Å². The number of rotatable bonds is 2. The maximum Gasteiger partial charge on any atom is 0.341 e. The summed E-state index contributed by atoms with van der Waals surface area (Å²) in [7, 11) is 0. The molecule has 2 nitrogen and oxygen atoms in total. The Labute approximate surface area is 107 Å². The molecule has 18 heavy (non-hydrogen) atoms. The molecule has 0 atom stereocenters. The van der Waals surface area contributed by atoms with Crippen LogP contribution in [-0.4, -0.2) is 12.1 Å². The fourth-order valence-electron chi connectivity index (χ4n) is 2.33. The van der Waals surface area contributed by atoms with Crippen molar-refractivity contribution in [3.05, 3.63) is 35.6 Å². The van der Waals surface area contributed by atoms with Crippen LogP contribution in [0.15, 0.2) is 24.3 Å². The zero-order valence-corrected chi connectivity index (χ0v) is 10.9. The Morgan fingerprint density at radius 2 is 1.89 bits per heavy atom. The molecule has 0 bridgehead atoms. The molecule has 1 aromatic carbocycles. The van der Waals surface area contributed by atoms with Gasteiger partial charge in [-0.15, -0.1) is 0 Å². The molecular weight excluding hydrogens is 231 g/mol. The lowest BCUT2D eigenvalue weighted by Gasteiger charge is -2.33. The maximum atomic E-state index is 13.4. The Kier molecular flexibility index (Phi) is 3.69. The van der Waals surface area contributed by atoms with Crippen LogP contribution >= 0.6 is 0 Å². The lowest BCUT2D eigenvalue weighted by molar-refractivity contribution is 0.00907. The quantitative estimate of drug-likeness (QED) is 0.743. The van der Waals surface area contributed by atoms with Crippen molar-refractivity contribution >= 4 is 5.97 Å². The Bertz CT molecular complexity index is 430. The Hall–Kier alpha value is -1.38. The first-order valence-electron chi connectivity index (χ1n) is 6.43. The van der Waals surface area contributed by atoms with Crippen molar-refractivity contribution in [1.29, 1.82) is 0 Å². The van der Waals surface area contributed by atoms with Crippen LogP contribution in [0.5, 0.6) is 0 Å². The molecule has 0 unspecified atom stereocenters. The normalized spacial score (nSPS) is 19.5. The number of halogens is 1. The van der Waals surface area contributed by atoms with Gasteiger partial charge in [0.15, 0.2) is 0 Å². The molecule has 0 heterocycles. The summed E-state index contributed by atoms with van der Waals surface area (Å²) in [5, 5.41) is 0. The second-order valence-electron chi connectivity index (χ2n) is 5.75. The standard InChI is InChI=1S/C15H19FO2/c1-15(2)9-7-11(8-10-15)18-14(17)12-5-3-4-6-13(12)16/h3-6,11H,7-10H2,1-2H3. The number of esters is 1. The van der Waals surface area contributed by atoms with E-state index >= 15 is 0 Å². The van der Waals surface area contributed by atoms with E-state index in [1.807, 2.05) is 0 Å². The van der Waals surface area contributed by atoms with Crippen molar-refractivity contribution in [3.63, 3.8) is 0 Å². The molecule has 98 valence electrons. The van der Waals surface area contributed by atoms with Crippen molar-refractivity contribution in [1.82, 2.24) is 0 Å². The zero-order valence-electron chi connectivity index (χ0n) is 10.9. The number of ether oxygens (including phenoxy) is 1. The van der Waals surface area contributed by atoms with Gasteiger partial charge in [-0.25, -0.2) is 9.18 Å². The number of hydrogen-bond donors (Lipinski definition) is 0. The van der Waals surface area contributed by atoms with Gasteiger partial charge in [-0.1, -0.05) is 26.0 Å². The van der Waals surface area contributed by atoms with Gasteiger partial charge in [-0.3, -0.25) is 0 Å². The van der Waals surface area contributed by atoms with Gasteiger partial charge in [-0.05, 0) is 43.2 Å². The van der Waals surface area contributed by atoms with E-state index in [0.29, 0.717) is 5.41 Å². The maximum absolute atomic E-state index is 13.4. The van der Waals surface area contributed by atoms with Crippen LogP contribution in [0.4, 0.5) is 4.39 Å². The summed E-state index contributed by atoms with van der Waals surface area (Å²) >= 11 is 0. The predicted molar refractivity (Wildman–Crippen MR) is 67.9 cm³/mol. The molecular formula is C15H19FO2. The van der Waals surface area contributed by atoms with Gasteiger partial charge >= 0.3 is 5.97 Å². The average molecular weight is 250 g/mol. The molecule has 0 saturated heterocycles. The fraction of sp³-hybridized carbons (Fsp3) is 0.533. The highest BCUT2D eigenvalue weighted by molar-refractivity contribution is 5.89. The van der Waals surface area contributed by atoms with Gasteiger partial charge in [0.25, 0.3) is 0 Å². The van der Waals surface area contributed by atoms with E-state index < -0.39 is 11.8 Å². The molecule has 0 amide bonds. The predicted octanol–water partition coefficient (Wildman–Crippen LogP) is 3.95. The fourth-order valence-corrected chi connectivity index (χ4v) is 2.33. The molecule has 0 spiro atoms. The van der Waals surface area contributed by atoms with E-state index in [9.17, 15) is 9.18 Å². The lowest BCUT2D eigenvalue weighted by atomic mass is 9.76. The van der Waals surface area contributed by atoms with Gasteiger partial charge in [0, 0.05) is 0 Å². The second-order valence-corrected chi connectivity index (χ2v) is 5.75. The third-order valence-corrected chi connectivity index (χ3v) is 3.65.